The molecule has 1 aliphatic heterocycles. The van der Waals surface area contributed by atoms with Crippen LogP contribution in [0.2, 0.25) is 0 Å². The Bertz CT molecular complexity index is 1150. The molecule has 0 spiro atoms. The molecule has 4 rings (SSSR count). The van der Waals surface area contributed by atoms with Crippen molar-refractivity contribution in [1.82, 2.24) is 15.2 Å². The van der Waals surface area contributed by atoms with E-state index in [0.29, 0.717) is 22.7 Å². The fourth-order valence-corrected chi connectivity index (χ4v) is 3.63. The molecule has 156 valence electrons. The Hall–Kier alpha value is -3.87. The van der Waals surface area contributed by atoms with Crippen LogP contribution >= 0.6 is 0 Å². The van der Waals surface area contributed by atoms with Gasteiger partial charge in [-0.1, -0.05) is 38.1 Å². The van der Waals surface area contributed by atoms with Crippen LogP contribution in [-0.4, -0.2) is 32.0 Å². The molecule has 7 heteroatoms. The van der Waals surface area contributed by atoms with E-state index >= 15 is 0 Å². The second kappa shape index (κ2) is 8.10. The number of aliphatic hydroxyl groups excluding tert-OH is 1. The second-order valence-corrected chi connectivity index (χ2v) is 7.76. The lowest BCUT2D eigenvalue weighted by Crippen LogP contribution is -2.30. The summed E-state index contributed by atoms with van der Waals surface area (Å²) in [5.41, 5.74) is 2.91. The van der Waals surface area contributed by atoms with Gasteiger partial charge in [-0.15, -0.1) is 5.10 Å². The summed E-state index contributed by atoms with van der Waals surface area (Å²) in [4.78, 5) is 31.4. The summed E-state index contributed by atoms with van der Waals surface area (Å²) < 4.78 is 0. The largest absolute Gasteiger partial charge is 0.507 e. The zero-order chi connectivity index (χ0) is 22.1. The molecule has 2 aromatic heterocycles. The third-order valence-electron chi connectivity index (χ3n) is 5.35. The highest BCUT2D eigenvalue weighted by Crippen LogP contribution is 2.41. The van der Waals surface area contributed by atoms with Gasteiger partial charge in [-0.3, -0.25) is 19.5 Å². The van der Waals surface area contributed by atoms with E-state index in [9.17, 15) is 14.7 Å². The van der Waals surface area contributed by atoms with E-state index in [1.54, 1.807) is 55.7 Å². The number of carbonyl (C=O) groups is 2. The predicted molar refractivity (Wildman–Crippen MR) is 116 cm³/mol. The van der Waals surface area contributed by atoms with Gasteiger partial charge in [0.05, 0.1) is 17.3 Å². The zero-order valence-electron chi connectivity index (χ0n) is 17.5. The number of anilines is 1. The number of hydrogen-bond acceptors (Lipinski definition) is 6. The average Bonchev–Trinajstić information content (AvgIpc) is 3.05. The summed E-state index contributed by atoms with van der Waals surface area (Å²) in [5, 5.41) is 19.2. The number of aliphatic hydroxyl groups is 1. The van der Waals surface area contributed by atoms with Crippen LogP contribution in [0.1, 0.15) is 48.2 Å². The van der Waals surface area contributed by atoms with Crippen LogP contribution in [0.5, 0.6) is 0 Å². The Morgan fingerprint density at radius 2 is 1.65 bits per heavy atom. The summed E-state index contributed by atoms with van der Waals surface area (Å²) in [7, 11) is 0. The van der Waals surface area contributed by atoms with Crippen LogP contribution in [0.4, 0.5) is 5.82 Å². The van der Waals surface area contributed by atoms with Gasteiger partial charge in [0.1, 0.15) is 5.76 Å². The van der Waals surface area contributed by atoms with Crippen LogP contribution in [0.15, 0.2) is 66.5 Å². The maximum absolute atomic E-state index is 13.1. The van der Waals surface area contributed by atoms with Crippen molar-refractivity contribution in [1.29, 1.82) is 0 Å². The Labute approximate surface area is 180 Å². The molecule has 0 bridgehead atoms. The third kappa shape index (κ3) is 3.70. The van der Waals surface area contributed by atoms with E-state index in [1.165, 1.54) is 4.90 Å². The van der Waals surface area contributed by atoms with Crippen LogP contribution in [-0.2, 0) is 9.59 Å². The van der Waals surface area contributed by atoms with Gasteiger partial charge in [-0.05, 0) is 48.2 Å². The number of aromatic nitrogens is 3. The van der Waals surface area contributed by atoms with Gasteiger partial charge in [0, 0.05) is 18.0 Å². The molecule has 0 radical (unpaired) electrons. The first kappa shape index (κ1) is 20.4. The Morgan fingerprint density at radius 3 is 2.23 bits per heavy atom. The van der Waals surface area contributed by atoms with E-state index in [2.05, 4.69) is 29.0 Å². The lowest BCUT2D eigenvalue weighted by atomic mass is 9.94. The van der Waals surface area contributed by atoms with Crippen molar-refractivity contribution >= 4 is 23.3 Å². The standard InChI is InChI=1S/C24H22N4O3/c1-14(2)16-5-7-18(8-6-16)22(29)20-21(17-10-12-25-13-11-17)28(24(31)23(20)30)19-9-4-15(3)26-27-19/h4-14,21,29H,1-3H3. The first-order chi connectivity index (χ1) is 14.9. The van der Waals surface area contributed by atoms with Gasteiger partial charge >= 0.3 is 5.91 Å². The molecule has 1 amide bonds. The number of nitrogens with zero attached hydrogens (tertiary/aromatic N) is 4. The number of benzene rings is 1. The molecule has 1 unspecified atom stereocenters. The van der Waals surface area contributed by atoms with Crippen molar-refractivity contribution in [2.24, 2.45) is 0 Å². The van der Waals surface area contributed by atoms with Gasteiger partial charge in [0.2, 0.25) is 0 Å². The molecule has 1 N–H and O–H groups in total. The molecule has 1 aliphatic rings. The number of pyridine rings is 1. The topological polar surface area (TPSA) is 96.3 Å². The van der Waals surface area contributed by atoms with Crippen molar-refractivity contribution < 1.29 is 14.7 Å². The summed E-state index contributed by atoms with van der Waals surface area (Å²) in [5.74, 6) is -1.18. The highest BCUT2D eigenvalue weighted by Gasteiger charge is 2.47. The van der Waals surface area contributed by atoms with Crippen molar-refractivity contribution in [3.8, 4) is 0 Å². The van der Waals surface area contributed by atoms with Gasteiger partial charge < -0.3 is 5.11 Å². The smallest absolute Gasteiger partial charge is 0.301 e. The van der Waals surface area contributed by atoms with Gasteiger partial charge in [-0.25, -0.2) is 0 Å². The summed E-state index contributed by atoms with van der Waals surface area (Å²) in [6.45, 7) is 5.94. The SMILES string of the molecule is Cc1ccc(N2C(=O)C(=O)C(=C(O)c3ccc(C(C)C)cc3)C2c2ccncc2)nn1. The molecule has 1 atom stereocenters. The molecule has 7 nitrogen and oxygen atoms in total. The monoisotopic (exact) mass is 414 g/mol. The second-order valence-electron chi connectivity index (χ2n) is 7.76. The zero-order valence-corrected chi connectivity index (χ0v) is 17.5. The fourth-order valence-electron chi connectivity index (χ4n) is 3.63. The van der Waals surface area contributed by atoms with Crippen LogP contribution in [0, 0.1) is 6.92 Å². The average molecular weight is 414 g/mol. The molecular formula is C24H22N4O3. The minimum atomic E-state index is -0.843. The van der Waals surface area contributed by atoms with Crippen molar-refractivity contribution in [2.75, 3.05) is 4.90 Å². The number of hydrogen-bond donors (Lipinski definition) is 1. The highest BCUT2D eigenvalue weighted by atomic mass is 16.3. The molecule has 1 fully saturated rings. The van der Waals surface area contributed by atoms with Crippen LogP contribution < -0.4 is 4.90 Å². The van der Waals surface area contributed by atoms with Crippen molar-refractivity contribution in [2.45, 2.75) is 32.7 Å². The number of Topliss-reactive ketones (excluding diaryl/α,β-unsaturated/α-hetero) is 1. The quantitative estimate of drug-likeness (QED) is 0.395. The van der Waals surface area contributed by atoms with Gasteiger partial charge in [-0.2, -0.15) is 5.10 Å². The number of amides is 1. The molecule has 1 aromatic carbocycles. The minimum Gasteiger partial charge on any atom is -0.507 e. The molecule has 0 aliphatic carbocycles. The Kier molecular flexibility index (Phi) is 5.33. The molecule has 31 heavy (non-hydrogen) atoms. The summed E-state index contributed by atoms with van der Waals surface area (Å²) >= 11 is 0. The van der Waals surface area contributed by atoms with Crippen LogP contribution in [0.3, 0.4) is 0 Å². The predicted octanol–water partition coefficient (Wildman–Crippen LogP) is 3.93. The van der Waals surface area contributed by atoms with Gasteiger partial charge in [0.15, 0.2) is 5.82 Å². The number of ketones is 1. The third-order valence-corrected chi connectivity index (χ3v) is 5.35. The minimum absolute atomic E-state index is 0.0101. The fraction of sp³-hybridized carbons (Fsp3) is 0.208. The lowest BCUT2D eigenvalue weighted by molar-refractivity contribution is -0.132. The maximum atomic E-state index is 13.1. The number of rotatable bonds is 4. The Balaban J connectivity index is 1.89. The first-order valence-electron chi connectivity index (χ1n) is 10.00. The van der Waals surface area contributed by atoms with Crippen LogP contribution in [0.25, 0.3) is 5.76 Å². The summed E-state index contributed by atoms with van der Waals surface area (Å²) in [6, 6.07) is 13.3. The van der Waals surface area contributed by atoms with Gasteiger partial charge in [0.25, 0.3) is 5.78 Å². The van der Waals surface area contributed by atoms with E-state index in [0.717, 1.165) is 5.56 Å². The highest BCUT2D eigenvalue weighted by molar-refractivity contribution is 6.51. The van der Waals surface area contributed by atoms with Crippen molar-refractivity contribution in [3.63, 3.8) is 0 Å². The van der Waals surface area contributed by atoms with Crippen molar-refractivity contribution in [3.05, 3.63) is 88.9 Å². The van der Waals surface area contributed by atoms with E-state index in [-0.39, 0.29) is 17.2 Å². The number of aryl methyl sites for hydroxylation is 1. The summed E-state index contributed by atoms with van der Waals surface area (Å²) in [6.07, 6.45) is 3.15. The number of carbonyl (C=O) groups excluding carboxylic acids is 2. The van der Waals surface area contributed by atoms with E-state index in [4.69, 9.17) is 0 Å². The molecule has 3 aromatic rings. The van der Waals surface area contributed by atoms with E-state index in [1.807, 2.05) is 12.1 Å². The maximum Gasteiger partial charge on any atom is 0.301 e. The molecule has 1 saturated heterocycles. The molecule has 0 saturated carbocycles. The molecule has 3 heterocycles. The normalized spacial score (nSPS) is 18.1. The Morgan fingerprint density at radius 1 is 0.968 bits per heavy atom. The lowest BCUT2D eigenvalue weighted by Gasteiger charge is -2.24. The van der Waals surface area contributed by atoms with E-state index < -0.39 is 17.7 Å². The molecular weight excluding hydrogens is 392 g/mol. The first-order valence-corrected chi connectivity index (χ1v) is 10.00.